The molecule has 0 unspecified atom stereocenters. The number of amides is 3. The van der Waals surface area contributed by atoms with Crippen LogP contribution in [0.2, 0.25) is 0 Å². The van der Waals surface area contributed by atoms with Gasteiger partial charge in [-0.25, -0.2) is 9.78 Å². The van der Waals surface area contributed by atoms with Gasteiger partial charge in [-0.3, -0.25) is 9.69 Å². The summed E-state index contributed by atoms with van der Waals surface area (Å²) in [6.45, 7) is 0.192. The molecular formula is C21H19N3O3S. The first-order chi connectivity index (χ1) is 13.6. The fourth-order valence-electron chi connectivity index (χ4n) is 4.24. The van der Waals surface area contributed by atoms with E-state index in [2.05, 4.69) is 10.3 Å². The molecule has 28 heavy (non-hydrogen) atoms. The number of ether oxygens (including phenoxy) is 1. The Morgan fingerprint density at radius 2 is 2.11 bits per heavy atom. The summed E-state index contributed by atoms with van der Waals surface area (Å²) in [6, 6.07) is 13.2. The first-order valence-corrected chi connectivity index (χ1v) is 10.1. The van der Waals surface area contributed by atoms with E-state index < -0.39 is 5.54 Å². The maximum Gasteiger partial charge on any atom is 0.325 e. The number of nitrogens with one attached hydrogen (secondary N) is 1. The van der Waals surface area contributed by atoms with E-state index in [0.717, 1.165) is 44.9 Å². The molecule has 1 aromatic heterocycles. The second kappa shape index (κ2) is 6.31. The Hall–Kier alpha value is -2.93. The summed E-state index contributed by atoms with van der Waals surface area (Å²) < 4.78 is 6.37. The number of para-hydroxylation sites is 1. The SMILES string of the molecule is COc1ccc2c(c1)CCC[C@]21NC(=O)N(Cc2nc3ccccc3s2)C1=O. The van der Waals surface area contributed by atoms with Gasteiger partial charge >= 0.3 is 6.03 Å². The summed E-state index contributed by atoms with van der Waals surface area (Å²) in [7, 11) is 1.63. The van der Waals surface area contributed by atoms with Crippen molar-refractivity contribution in [2.24, 2.45) is 0 Å². The van der Waals surface area contributed by atoms with Gasteiger partial charge in [-0.05, 0) is 54.7 Å². The Morgan fingerprint density at radius 3 is 2.93 bits per heavy atom. The second-order valence-corrected chi connectivity index (χ2v) is 8.29. The minimum atomic E-state index is -0.979. The van der Waals surface area contributed by atoms with Crippen LogP contribution < -0.4 is 10.1 Å². The van der Waals surface area contributed by atoms with Crippen molar-refractivity contribution in [3.8, 4) is 5.75 Å². The predicted molar refractivity (Wildman–Crippen MR) is 106 cm³/mol. The fourth-order valence-corrected chi connectivity index (χ4v) is 5.20. The molecule has 0 bridgehead atoms. The molecule has 3 amide bonds. The summed E-state index contributed by atoms with van der Waals surface area (Å²) in [6.07, 6.45) is 2.31. The van der Waals surface area contributed by atoms with E-state index in [1.165, 1.54) is 16.2 Å². The number of hydrogen-bond acceptors (Lipinski definition) is 5. The smallest absolute Gasteiger partial charge is 0.325 e. The van der Waals surface area contributed by atoms with Gasteiger partial charge in [0.05, 0.1) is 23.9 Å². The van der Waals surface area contributed by atoms with Gasteiger partial charge in [-0.2, -0.15) is 0 Å². The number of hydrogen-bond donors (Lipinski definition) is 1. The van der Waals surface area contributed by atoms with Crippen molar-refractivity contribution >= 4 is 33.5 Å². The van der Waals surface area contributed by atoms with Gasteiger partial charge in [-0.15, -0.1) is 11.3 Å². The Bertz CT molecular complexity index is 1080. The number of imide groups is 1. The first kappa shape index (κ1) is 17.2. The maximum absolute atomic E-state index is 13.4. The average Bonchev–Trinajstić information content (AvgIpc) is 3.22. The van der Waals surface area contributed by atoms with Crippen molar-refractivity contribution in [3.63, 3.8) is 0 Å². The minimum absolute atomic E-state index is 0.192. The van der Waals surface area contributed by atoms with Gasteiger partial charge in [-0.1, -0.05) is 18.2 Å². The average molecular weight is 393 g/mol. The quantitative estimate of drug-likeness (QED) is 0.691. The highest BCUT2D eigenvalue weighted by Gasteiger charge is 2.54. The van der Waals surface area contributed by atoms with Crippen LogP contribution in [-0.2, 0) is 23.3 Å². The third-order valence-corrected chi connectivity index (χ3v) is 6.60. The van der Waals surface area contributed by atoms with Gasteiger partial charge < -0.3 is 10.1 Å². The molecule has 1 atom stereocenters. The van der Waals surface area contributed by atoms with E-state index in [1.807, 2.05) is 42.5 Å². The molecule has 1 aliphatic carbocycles. The third-order valence-electron chi connectivity index (χ3n) is 5.58. The van der Waals surface area contributed by atoms with Crippen LogP contribution in [0.25, 0.3) is 10.2 Å². The zero-order valence-electron chi connectivity index (χ0n) is 15.4. The zero-order chi connectivity index (χ0) is 19.3. The van der Waals surface area contributed by atoms with Crippen LogP contribution in [0.5, 0.6) is 5.75 Å². The molecule has 2 aromatic carbocycles. The predicted octanol–water partition coefficient (Wildman–Crippen LogP) is 3.59. The van der Waals surface area contributed by atoms with Gasteiger partial charge in [0.15, 0.2) is 0 Å². The number of nitrogens with zero attached hydrogens (tertiary/aromatic N) is 2. The van der Waals surface area contributed by atoms with Crippen molar-refractivity contribution in [3.05, 3.63) is 58.6 Å². The van der Waals surface area contributed by atoms with Crippen molar-refractivity contribution < 1.29 is 14.3 Å². The highest BCUT2D eigenvalue weighted by molar-refractivity contribution is 7.18. The van der Waals surface area contributed by atoms with E-state index in [-0.39, 0.29) is 18.5 Å². The lowest BCUT2D eigenvalue weighted by Crippen LogP contribution is -2.46. The largest absolute Gasteiger partial charge is 0.497 e. The van der Waals surface area contributed by atoms with Crippen LogP contribution in [-0.4, -0.2) is 28.9 Å². The number of thiazole rings is 1. The Kier molecular flexibility index (Phi) is 3.87. The number of aromatic nitrogens is 1. The van der Waals surface area contributed by atoms with E-state index in [0.29, 0.717) is 6.42 Å². The summed E-state index contributed by atoms with van der Waals surface area (Å²) >= 11 is 1.51. The van der Waals surface area contributed by atoms with Crippen molar-refractivity contribution in [2.75, 3.05) is 7.11 Å². The third kappa shape index (κ3) is 2.50. The normalized spacial score (nSPS) is 21.2. The molecule has 2 heterocycles. The number of fused-ring (bicyclic) bond motifs is 3. The highest BCUT2D eigenvalue weighted by Crippen LogP contribution is 2.41. The van der Waals surface area contributed by atoms with Crippen molar-refractivity contribution in [2.45, 2.75) is 31.3 Å². The van der Waals surface area contributed by atoms with Crippen LogP contribution >= 0.6 is 11.3 Å². The number of aryl methyl sites for hydroxylation is 1. The summed E-state index contributed by atoms with van der Waals surface area (Å²) in [5, 5.41) is 3.75. The molecule has 2 aliphatic rings. The number of rotatable bonds is 3. The van der Waals surface area contributed by atoms with Crippen molar-refractivity contribution in [1.29, 1.82) is 0 Å². The molecular weight excluding hydrogens is 374 g/mol. The van der Waals surface area contributed by atoms with Crippen LogP contribution in [0.3, 0.4) is 0 Å². The van der Waals surface area contributed by atoms with E-state index in [1.54, 1.807) is 7.11 Å². The molecule has 1 spiro atoms. The minimum Gasteiger partial charge on any atom is -0.497 e. The monoisotopic (exact) mass is 393 g/mol. The van der Waals surface area contributed by atoms with E-state index in [4.69, 9.17) is 4.74 Å². The molecule has 0 radical (unpaired) electrons. The van der Waals surface area contributed by atoms with Crippen LogP contribution in [0, 0.1) is 0 Å². The first-order valence-electron chi connectivity index (χ1n) is 9.27. The van der Waals surface area contributed by atoms with Crippen LogP contribution in [0.4, 0.5) is 4.79 Å². The molecule has 7 heteroatoms. The summed E-state index contributed by atoms with van der Waals surface area (Å²) in [4.78, 5) is 32.1. The molecule has 6 nitrogen and oxygen atoms in total. The van der Waals surface area contributed by atoms with Gasteiger partial charge in [0, 0.05) is 0 Å². The lowest BCUT2D eigenvalue weighted by atomic mass is 9.76. The number of carbonyl (C=O) groups is 2. The van der Waals surface area contributed by atoms with Gasteiger partial charge in [0.1, 0.15) is 16.3 Å². The summed E-state index contributed by atoms with van der Waals surface area (Å²) in [5.41, 5.74) is 1.85. The number of methoxy groups -OCH3 is 1. The topological polar surface area (TPSA) is 71.5 Å². The molecule has 142 valence electrons. The molecule has 1 fully saturated rings. The van der Waals surface area contributed by atoms with Crippen LogP contribution in [0.15, 0.2) is 42.5 Å². The standard InChI is InChI=1S/C21H19N3O3S/c1-27-14-8-9-15-13(11-14)5-4-10-21(15)19(25)24(20(26)23-21)12-18-22-16-6-2-3-7-17(16)28-18/h2-3,6-9,11H,4-5,10,12H2,1H3,(H,23,26)/t21-/m0/s1. The molecule has 1 saturated heterocycles. The van der Waals surface area contributed by atoms with E-state index in [9.17, 15) is 9.59 Å². The van der Waals surface area contributed by atoms with Gasteiger partial charge in [0.2, 0.25) is 0 Å². The number of urea groups is 1. The van der Waals surface area contributed by atoms with Crippen LogP contribution in [0.1, 0.15) is 29.0 Å². The highest BCUT2D eigenvalue weighted by atomic mass is 32.1. The zero-order valence-corrected chi connectivity index (χ0v) is 16.2. The van der Waals surface area contributed by atoms with Gasteiger partial charge in [0.25, 0.3) is 5.91 Å². The lowest BCUT2D eigenvalue weighted by molar-refractivity contribution is -0.132. The molecule has 0 saturated carbocycles. The molecule has 1 N–H and O–H groups in total. The Morgan fingerprint density at radius 1 is 1.25 bits per heavy atom. The number of carbonyl (C=O) groups excluding carboxylic acids is 2. The second-order valence-electron chi connectivity index (χ2n) is 7.18. The summed E-state index contributed by atoms with van der Waals surface area (Å²) in [5.74, 6) is 0.571. The maximum atomic E-state index is 13.4. The molecule has 3 aromatic rings. The molecule has 1 aliphatic heterocycles. The van der Waals surface area contributed by atoms with E-state index >= 15 is 0 Å². The lowest BCUT2D eigenvalue weighted by Gasteiger charge is -2.33. The molecule has 5 rings (SSSR count). The fraction of sp³-hybridized carbons (Fsp3) is 0.286. The van der Waals surface area contributed by atoms with Crippen molar-refractivity contribution in [1.82, 2.24) is 15.2 Å². The number of benzene rings is 2. The Balaban J connectivity index is 1.49. The Labute approximate surface area is 166 Å².